The number of hydrogen-bond acceptors (Lipinski definition) is 4. The molecule has 25 heavy (non-hydrogen) atoms. The fourth-order valence-corrected chi connectivity index (χ4v) is 3.19. The van der Waals surface area contributed by atoms with Gasteiger partial charge >= 0.3 is 0 Å². The van der Waals surface area contributed by atoms with Gasteiger partial charge in [-0.15, -0.1) is 11.3 Å². The van der Waals surface area contributed by atoms with Crippen LogP contribution in [0.5, 0.6) is 5.75 Å². The molecule has 3 rings (SSSR count). The lowest BCUT2D eigenvalue weighted by molar-refractivity contribution is -0.116. The highest BCUT2D eigenvalue weighted by atomic mass is 32.1. The molecule has 2 aromatic carbocycles. The molecule has 0 aliphatic heterocycles. The maximum Gasteiger partial charge on any atom is 0.226 e. The van der Waals surface area contributed by atoms with Crippen molar-refractivity contribution in [3.63, 3.8) is 0 Å². The second-order valence-corrected chi connectivity index (χ2v) is 6.27. The van der Waals surface area contributed by atoms with Crippen molar-refractivity contribution in [2.75, 3.05) is 12.4 Å². The Morgan fingerprint density at radius 2 is 2.08 bits per heavy atom. The van der Waals surface area contributed by atoms with Gasteiger partial charge in [0.25, 0.3) is 0 Å². The molecular formula is C19H17FN2O2S. The number of aromatic nitrogens is 1. The van der Waals surface area contributed by atoms with Crippen molar-refractivity contribution in [1.29, 1.82) is 0 Å². The molecular weight excluding hydrogens is 339 g/mol. The maximum absolute atomic E-state index is 13.3. The molecule has 1 N–H and O–H groups in total. The zero-order valence-electron chi connectivity index (χ0n) is 13.7. The molecule has 1 amide bonds. The Morgan fingerprint density at radius 3 is 2.88 bits per heavy atom. The number of carbonyl (C=O) groups excluding carboxylic acids is 1. The summed E-state index contributed by atoms with van der Waals surface area (Å²) in [5.74, 6) is 0.344. The number of nitrogens with one attached hydrogen (secondary N) is 1. The third kappa shape index (κ3) is 4.42. The fourth-order valence-electron chi connectivity index (χ4n) is 2.45. The highest BCUT2D eigenvalue weighted by Gasteiger charge is 2.10. The number of benzene rings is 2. The molecule has 0 aliphatic rings. The van der Waals surface area contributed by atoms with Gasteiger partial charge in [0.05, 0.1) is 12.8 Å². The predicted octanol–water partition coefficient (Wildman–Crippen LogP) is 4.53. The Kier molecular flexibility index (Phi) is 5.40. The molecule has 6 heteroatoms. The number of aryl methyl sites for hydroxylation is 1. The molecule has 0 aliphatic carbocycles. The smallest absolute Gasteiger partial charge is 0.226 e. The van der Waals surface area contributed by atoms with Gasteiger partial charge in [0.15, 0.2) is 5.13 Å². The first-order valence-electron chi connectivity index (χ1n) is 7.79. The summed E-state index contributed by atoms with van der Waals surface area (Å²) in [7, 11) is 1.61. The standard InChI is InChI=1S/C19H17FN2O2S/c1-24-17-8-3-2-5-13(17)9-10-18(23)22-19-21-16(12-25-19)14-6-4-7-15(20)11-14/h2-8,11-12H,9-10H2,1H3,(H,21,22,23). The van der Waals surface area contributed by atoms with E-state index in [1.54, 1.807) is 24.6 Å². The number of rotatable bonds is 6. The summed E-state index contributed by atoms with van der Waals surface area (Å²) in [6.07, 6.45) is 0.910. The molecule has 0 saturated heterocycles. The number of anilines is 1. The summed E-state index contributed by atoms with van der Waals surface area (Å²) in [4.78, 5) is 16.5. The Hall–Kier alpha value is -2.73. The average Bonchev–Trinajstić information content (AvgIpc) is 3.08. The van der Waals surface area contributed by atoms with Gasteiger partial charge in [-0.05, 0) is 30.2 Å². The largest absolute Gasteiger partial charge is 0.496 e. The van der Waals surface area contributed by atoms with Crippen LogP contribution in [0.1, 0.15) is 12.0 Å². The Morgan fingerprint density at radius 1 is 1.24 bits per heavy atom. The van der Waals surface area contributed by atoms with Crippen molar-refractivity contribution in [1.82, 2.24) is 4.98 Å². The quantitative estimate of drug-likeness (QED) is 0.706. The third-order valence-electron chi connectivity index (χ3n) is 3.68. The number of amides is 1. The molecule has 4 nitrogen and oxygen atoms in total. The lowest BCUT2D eigenvalue weighted by Crippen LogP contribution is -2.12. The Balaban J connectivity index is 1.60. The van der Waals surface area contributed by atoms with E-state index < -0.39 is 0 Å². The summed E-state index contributed by atoms with van der Waals surface area (Å²) < 4.78 is 18.6. The Bertz CT molecular complexity index is 879. The van der Waals surface area contributed by atoms with Crippen LogP contribution in [-0.4, -0.2) is 18.0 Å². The predicted molar refractivity (Wildman–Crippen MR) is 97.5 cm³/mol. The molecule has 1 aromatic heterocycles. The van der Waals surface area contributed by atoms with Gasteiger partial charge in [-0.2, -0.15) is 0 Å². The summed E-state index contributed by atoms with van der Waals surface area (Å²) in [5, 5.41) is 5.09. The molecule has 0 atom stereocenters. The van der Waals surface area contributed by atoms with E-state index in [4.69, 9.17) is 4.74 Å². The monoisotopic (exact) mass is 356 g/mol. The van der Waals surface area contributed by atoms with Crippen LogP contribution in [-0.2, 0) is 11.2 Å². The zero-order valence-corrected chi connectivity index (χ0v) is 14.5. The van der Waals surface area contributed by atoms with Crippen LogP contribution in [0, 0.1) is 5.82 Å². The minimum absolute atomic E-state index is 0.119. The lowest BCUT2D eigenvalue weighted by Gasteiger charge is -2.07. The van der Waals surface area contributed by atoms with Crippen molar-refractivity contribution in [3.8, 4) is 17.0 Å². The molecule has 0 fully saturated rings. The minimum Gasteiger partial charge on any atom is -0.496 e. The van der Waals surface area contributed by atoms with Gasteiger partial charge < -0.3 is 10.1 Å². The topological polar surface area (TPSA) is 51.2 Å². The van der Waals surface area contributed by atoms with E-state index in [0.29, 0.717) is 29.2 Å². The number of nitrogens with zero attached hydrogens (tertiary/aromatic N) is 1. The number of para-hydroxylation sites is 1. The van der Waals surface area contributed by atoms with Crippen molar-refractivity contribution < 1.29 is 13.9 Å². The van der Waals surface area contributed by atoms with Crippen LogP contribution >= 0.6 is 11.3 Å². The molecule has 1 heterocycles. The summed E-state index contributed by atoms with van der Waals surface area (Å²) in [6.45, 7) is 0. The van der Waals surface area contributed by atoms with Crippen LogP contribution in [0.3, 0.4) is 0 Å². The summed E-state index contributed by atoms with van der Waals surface area (Å²) >= 11 is 1.32. The first-order chi connectivity index (χ1) is 12.2. The van der Waals surface area contributed by atoms with Crippen molar-refractivity contribution >= 4 is 22.4 Å². The van der Waals surface area contributed by atoms with Gasteiger partial charge in [-0.3, -0.25) is 4.79 Å². The average molecular weight is 356 g/mol. The van der Waals surface area contributed by atoms with Gasteiger partial charge in [0.2, 0.25) is 5.91 Å². The Labute approximate surface area is 149 Å². The van der Waals surface area contributed by atoms with E-state index in [1.165, 1.54) is 23.5 Å². The van der Waals surface area contributed by atoms with Crippen LogP contribution in [0.4, 0.5) is 9.52 Å². The normalized spacial score (nSPS) is 10.5. The van der Waals surface area contributed by atoms with Gasteiger partial charge in [0, 0.05) is 17.4 Å². The highest BCUT2D eigenvalue weighted by Crippen LogP contribution is 2.25. The molecule has 0 radical (unpaired) electrons. The van der Waals surface area contributed by atoms with Gasteiger partial charge in [-0.1, -0.05) is 30.3 Å². The number of hydrogen-bond donors (Lipinski definition) is 1. The maximum atomic E-state index is 13.3. The SMILES string of the molecule is COc1ccccc1CCC(=O)Nc1nc(-c2cccc(F)c2)cs1. The summed E-state index contributed by atoms with van der Waals surface area (Å²) in [5.41, 5.74) is 2.31. The van der Waals surface area contributed by atoms with Gasteiger partial charge in [0.1, 0.15) is 11.6 Å². The molecule has 0 bridgehead atoms. The summed E-state index contributed by atoms with van der Waals surface area (Å²) in [6, 6.07) is 13.9. The number of carbonyl (C=O) groups is 1. The minimum atomic E-state index is -0.312. The van der Waals surface area contributed by atoms with Crippen LogP contribution in [0.2, 0.25) is 0 Å². The zero-order chi connectivity index (χ0) is 17.6. The molecule has 0 unspecified atom stereocenters. The van der Waals surface area contributed by atoms with E-state index in [1.807, 2.05) is 24.3 Å². The number of halogens is 1. The van der Waals surface area contributed by atoms with Crippen LogP contribution in [0.15, 0.2) is 53.9 Å². The van der Waals surface area contributed by atoms with E-state index in [2.05, 4.69) is 10.3 Å². The number of ether oxygens (including phenoxy) is 1. The fraction of sp³-hybridized carbons (Fsp3) is 0.158. The van der Waals surface area contributed by atoms with Crippen LogP contribution in [0.25, 0.3) is 11.3 Å². The van der Waals surface area contributed by atoms with E-state index in [-0.39, 0.29) is 11.7 Å². The first-order valence-corrected chi connectivity index (χ1v) is 8.67. The molecule has 128 valence electrons. The molecule has 0 spiro atoms. The number of methoxy groups -OCH3 is 1. The second kappa shape index (κ2) is 7.90. The number of thiazole rings is 1. The third-order valence-corrected chi connectivity index (χ3v) is 4.44. The van der Waals surface area contributed by atoms with Crippen molar-refractivity contribution in [3.05, 3.63) is 65.3 Å². The van der Waals surface area contributed by atoms with Gasteiger partial charge in [-0.25, -0.2) is 9.37 Å². The molecule has 0 saturated carbocycles. The molecule has 3 aromatic rings. The lowest BCUT2D eigenvalue weighted by atomic mass is 10.1. The van der Waals surface area contributed by atoms with Crippen molar-refractivity contribution in [2.24, 2.45) is 0 Å². The first kappa shape index (κ1) is 17.1. The van der Waals surface area contributed by atoms with E-state index in [0.717, 1.165) is 11.3 Å². The highest BCUT2D eigenvalue weighted by molar-refractivity contribution is 7.14. The van der Waals surface area contributed by atoms with Crippen molar-refractivity contribution in [2.45, 2.75) is 12.8 Å². The van der Waals surface area contributed by atoms with Crippen LogP contribution < -0.4 is 10.1 Å². The van der Waals surface area contributed by atoms with E-state index >= 15 is 0 Å². The van der Waals surface area contributed by atoms with E-state index in [9.17, 15) is 9.18 Å². The second-order valence-electron chi connectivity index (χ2n) is 5.41.